The van der Waals surface area contributed by atoms with Crippen molar-refractivity contribution in [2.45, 2.75) is 19.6 Å². The smallest absolute Gasteiger partial charge is 0.165 e. The van der Waals surface area contributed by atoms with Crippen LogP contribution < -0.4 is 10.5 Å². The number of ether oxygens (including phenoxy) is 1. The van der Waals surface area contributed by atoms with Crippen LogP contribution in [-0.4, -0.2) is 0 Å². The van der Waals surface area contributed by atoms with Crippen LogP contribution >= 0.6 is 22.9 Å². The molecule has 0 saturated carbocycles. The first-order valence-electron chi connectivity index (χ1n) is 5.48. The molecule has 0 radical (unpaired) electrons. The number of benzene rings is 1. The molecule has 2 nitrogen and oxygen atoms in total. The van der Waals surface area contributed by atoms with Gasteiger partial charge in [0.25, 0.3) is 0 Å². The molecule has 96 valence electrons. The number of hydrogen-bond acceptors (Lipinski definition) is 3. The molecule has 1 aromatic carbocycles. The van der Waals surface area contributed by atoms with Gasteiger partial charge in [-0.2, -0.15) is 0 Å². The van der Waals surface area contributed by atoms with Crippen molar-refractivity contribution < 1.29 is 9.13 Å². The van der Waals surface area contributed by atoms with E-state index >= 15 is 0 Å². The lowest BCUT2D eigenvalue weighted by atomic mass is 10.1. The second kappa shape index (κ2) is 5.69. The lowest BCUT2D eigenvalue weighted by Crippen LogP contribution is -2.05. The highest BCUT2D eigenvalue weighted by molar-refractivity contribution is 7.16. The van der Waals surface area contributed by atoms with Crippen molar-refractivity contribution in [3.05, 3.63) is 50.9 Å². The van der Waals surface area contributed by atoms with Gasteiger partial charge < -0.3 is 10.5 Å². The van der Waals surface area contributed by atoms with Gasteiger partial charge in [-0.1, -0.05) is 17.7 Å². The summed E-state index contributed by atoms with van der Waals surface area (Å²) in [5, 5.41) is 0. The van der Waals surface area contributed by atoms with Crippen molar-refractivity contribution in [2.24, 2.45) is 5.73 Å². The Morgan fingerprint density at radius 1 is 1.39 bits per heavy atom. The van der Waals surface area contributed by atoms with Crippen LogP contribution in [0.15, 0.2) is 30.3 Å². The molecule has 2 N–H and O–H groups in total. The van der Waals surface area contributed by atoms with E-state index < -0.39 is 5.82 Å². The van der Waals surface area contributed by atoms with E-state index in [9.17, 15) is 4.39 Å². The molecule has 0 bridgehead atoms. The zero-order valence-electron chi connectivity index (χ0n) is 9.82. The molecule has 1 heterocycles. The second-order valence-corrected chi connectivity index (χ2v) is 5.77. The van der Waals surface area contributed by atoms with Gasteiger partial charge in [0.2, 0.25) is 0 Å². The fraction of sp³-hybridized carbons (Fsp3) is 0.231. The monoisotopic (exact) mass is 285 g/mol. The Hall–Kier alpha value is -1.10. The lowest BCUT2D eigenvalue weighted by Gasteiger charge is -2.09. The van der Waals surface area contributed by atoms with Gasteiger partial charge >= 0.3 is 0 Å². The van der Waals surface area contributed by atoms with Crippen molar-refractivity contribution in [1.29, 1.82) is 0 Å². The highest BCUT2D eigenvalue weighted by Crippen LogP contribution is 2.25. The van der Waals surface area contributed by atoms with Crippen molar-refractivity contribution in [1.82, 2.24) is 0 Å². The maximum absolute atomic E-state index is 13.7. The maximum Gasteiger partial charge on any atom is 0.165 e. The van der Waals surface area contributed by atoms with E-state index in [1.165, 1.54) is 17.4 Å². The summed E-state index contributed by atoms with van der Waals surface area (Å²) in [4.78, 5) is 0.954. The maximum atomic E-state index is 13.7. The van der Waals surface area contributed by atoms with E-state index in [-0.39, 0.29) is 11.8 Å². The second-order valence-electron chi connectivity index (χ2n) is 3.97. The average molecular weight is 286 g/mol. The van der Waals surface area contributed by atoms with Gasteiger partial charge in [-0.15, -0.1) is 11.3 Å². The van der Waals surface area contributed by atoms with Gasteiger partial charge in [-0.25, -0.2) is 4.39 Å². The number of hydrogen-bond donors (Lipinski definition) is 1. The predicted octanol–water partition coefficient (Wildman–Crippen LogP) is 4.14. The number of thiophene rings is 1. The van der Waals surface area contributed by atoms with Crippen LogP contribution in [0, 0.1) is 5.82 Å². The van der Waals surface area contributed by atoms with Crippen molar-refractivity contribution in [2.75, 3.05) is 0 Å². The van der Waals surface area contributed by atoms with Gasteiger partial charge in [-0.3, -0.25) is 0 Å². The number of nitrogens with two attached hydrogens (primary N) is 1. The van der Waals surface area contributed by atoms with Crippen LogP contribution in [0.25, 0.3) is 0 Å². The molecule has 0 spiro atoms. The van der Waals surface area contributed by atoms with E-state index in [2.05, 4.69) is 0 Å². The molecular formula is C13H13ClFNOS. The Kier molecular flexibility index (Phi) is 4.22. The minimum atomic E-state index is -0.396. The normalized spacial score (nSPS) is 12.4. The van der Waals surface area contributed by atoms with Gasteiger partial charge in [0.15, 0.2) is 11.6 Å². The van der Waals surface area contributed by atoms with E-state index in [4.69, 9.17) is 22.1 Å². The third-order valence-electron chi connectivity index (χ3n) is 2.48. The minimum absolute atomic E-state index is 0.190. The van der Waals surface area contributed by atoms with E-state index in [0.717, 1.165) is 10.4 Å². The quantitative estimate of drug-likeness (QED) is 0.916. The van der Waals surface area contributed by atoms with Crippen LogP contribution in [0.2, 0.25) is 4.34 Å². The van der Waals surface area contributed by atoms with Crippen LogP contribution in [0.3, 0.4) is 0 Å². The summed E-state index contributed by atoms with van der Waals surface area (Å²) in [6.45, 7) is 2.12. The molecule has 1 unspecified atom stereocenters. The van der Waals surface area contributed by atoms with Gasteiger partial charge in [0, 0.05) is 10.9 Å². The van der Waals surface area contributed by atoms with Gasteiger partial charge in [0.1, 0.15) is 6.61 Å². The van der Waals surface area contributed by atoms with E-state index in [0.29, 0.717) is 10.9 Å². The predicted molar refractivity (Wildman–Crippen MR) is 72.7 cm³/mol. The molecule has 0 saturated heterocycles. The third-order valence-corrected chi connectivity index (χ3v) is 3.69. The molecule has 2 aromatic rings. The standard InChI is InChI=1S/C13H13ClFNOS/c1-8(16)9-2-4-12(11(15)6-9)17-7-10-3-5-13(14)18-10/h2-6,8H,7,16H2,1H3. The Balaban J connectivity index is 2.05. The molecule has 0 fully saturated rings. The Morgan fingerprint density at radius 2 is 2.17 bits per heavy atom. The van der Waals surface area contributed by atoms with E-state index in [1.54, 1.807) is 18.2 Å². The summed E-state index contributed by atoms with van der Waals surface area (Å²) in [6.07, 6.45) is 0. The minimum Gasteiger partial charge on any atom is -0.485 e. The molecule has 1 aromatic heterocycles. The Labute approximate surface area is 114 Å². The SMILES string of the molecule is CC(N)c1ccc(OCc2ccc(Cl)s2)c(F)c1. The van der Waals surface area contributed by atoms with Crippen LogP contribution in [0.5, 0.6) is 5.75 Å². The summed E-state index contributed by atoms with van der Waals surface area (Å²) < 4.78 is 19.8. The summed E-state index contributed by atoms with van der Waals surface area (Å²) in [5.41, 5.74) is 6.43. The molecule has 0 aliphatic rings. The molecule has 2 rings (SSSR count). The highest BCUT2D eigenvalue weighted by atomic mass is 35.5. The number of rotatable bonds is 4. The highest BCUT2D eigenvalue weighted by Gasteiger charge is 2.08. The molecule has 5 heteroatoms. The first kappa shape index (κ1) is 13.3. The summed E-state index contributed by atoms with van der Waals surface area (Å²) >= 11 is 7.22. The van der Waals surface area contributed by atoms with Crippen LogP contribution in [0.4, 0.5) is 4.39 Å². The molecule has 0 aliphatic heterocycles. The summed E-state index contributed by atoms with van der Waals surface area (Å²) in [6, 6.07) is 8.24. The first-order valence-corrected chi connectivity index (χ1v) is 6.68. The summed E-state index contributed by atoms with van der Waals surface area (Å²) in [5.74, 6) is -0.170. The topological polar surface area (TPSA) is 35.2 Å². The molecule has 18 heavy (non-hydrogen) atoms. The largest absolute Gasteiger partial charge is 0.485 e. The molecule has 0 amide bonds. The van der Waals surface area contributed by atoms with Crippen LogP contribution in [-0.2, 0) is 6.61 Å². The zero-order chi connectivity index (χ0) is 13.1. The first-order chi connectivity index (χ1) is 8.56. The zero-order valence-corrected chi connectivity index (χ0v) is 11.4. The van der Waals surface area contributed by atoms with Crippen LogP contribution in [0.1, 0.15) is 23.4 Å². The fourth-order valence-corrected chi connectivity index (χ4v) is 2.50. The van der Waals surface area contributed by atoms with Crippen molar-refractivity contribution >= 4 is 22.9 Å². The number of halogens is 2. The van der Waals surface area contributed by atoms with E-state index in [1.807, 2.05) is 13.0 Å². The summed E-state index contributed by atoms with van der Waals surface area (Å²) in [7, 11) is 0. The average Bonchev–Trinajstić information content (AvgIpc) is 2.73. The van der Waals surface area contributed by atoms with Gasteiger partial charge in [-0.05, 0) is 36.8 Å². The molecule has 1 atom stereocenters. The van der Waals surface area contributed by atoms with Crippen molar-refractivity contribution in [3.8, 4) is 5.75 Å². The van der Waals surface area contributed by atoms with Crippen molar-refractivity contribution in [3.63, 3.8) is 0 Å². The molecule has 0 aliphatic carbocycles. The van der Waals surface area contributed by atoms with Gasteiger partial charge in [0.05, 0.1) is 4.34 Å². The third kappa shape index (κ3) is 3.22. The lowest BCUT2D eigenvalue weighted by molar-refractivity contribution is 0.293. The fourth-order valence-electron chi connectivity index (χ4n) is 1.50. The Morgan fingerprint density at radius 3 is 2.72 bits per heavy atom. The Bertz CT molecular complexity index is 542. The molecular weight excluding hydrogens is 273 g/mol.